The van der Waals surface area contributed by atoms with Crippen molar-refractivity contribution in [3.8, 4) is 5.75 Å². The third-order valence-electron chi connectivity index (χ3n) is 5.43. The summed E-state index contributed by atoms with van der Waals surface area (Å²) in [5.74, 6) is -1.59. The molecule has 3 aromatic rings. The number of hydrogen-bond acceptors (Lipinski definition) is 4. The second-order valence-corrected chi connectivity index (χ2v) is 8.87. The Morgan fingerprint density at radius 2 is 1.74 bits per heavy atom. The van der Waals surface area contributed by atoms with Gasteiger partial charge in [0.2, 0.25) is 0 Å². The van der Waals surface area contributed by atoms with E-state index in [4.69, 9.17) is 16.3 Å². The quantitative estimate of drug-likeness (QED) is 0.262. The molecule has 1 N–H and O–H groups in total. The standard InChI is InChI=1S/C27H23ClFNO4/c1-16(2)15-34-22-5-3-4-18(14-22)25(31)23-24(17-6-10-20(29)11-7-17)30(27(33)26(23)32)21-12-8-19(28)9-13-21/h3-14,16,24,31H,15H2,1-2H3/b25-23-. The molecule has 1 heterocycles. The molecule has 7 heteroatoms. The van der Waals surface area contributed by atoms with Crippen LogP contribution in [-0.2, 0) is 9.59 Å². The largest absolute Gasteiger partial charge is 0.507 e. The number of aliphatic hydroxyl groups is 1. The second-order valence-electron chi connectivity index (χ2n) is 8.43. The number of nitrogens with zero attached hydrogens (tertiary/aromatic N) is 1. The maximum Gasteiger partial charge on any atom is 0.300 e. The van der Waals surface area contributed by atoms with E-state index in [1.54, 1.807) is 48.5 Å². The van der Waals surface area contributed by atoms with Crippen molar-refractivity contribution in [2.24, 2.45) is 5.92 Å². The molecule has 1 unspecified atom stereocenters. The van der Waals surface area contributed by atoms with Gasteiger partial charge >= 0.3 is 0 Å². The normalized spacial score (nSPS) is 17.4. The number of aliphatic hydroxyl groups excluding tert-OH is 1. The average Bonchev–Trinajstić information content (AvgIpc) is 3.09. The Hall–Kier alpha value is -3.64. The van der Waals surface area contributed by atoms with Crippen LogP contribution in [0.4, 0.5) is 10.1 Å². The number of halogens is 2. The highest BCUT2D eigenvalue weighted by atomic mass is 35.5. The maximum atomic E-state index is 13.6. The van der Waals surface area contributed by atoms with E-state index < -0.39 is 23.5 Å². The number of Topliss-reactive ketones (excluding diaryl/α,β-unsaturated/α-hetero) is 1. The average molecular weight is 480 g/mol. The smallest absolute Gasteiger partial charge is 0.300 e. The van der Waals surface area contributed by atoms with Crippen LogP contribution < -0.4 is 9.64 Å². The van der Waals surface area contributed by atoms with Crippen molar-refractivity contribution in [2.45, 2.75) is 19.9 Å². The summed E-state index contributed by atoms with van der Waals surface area (Å²) in [6.07, 6.45) is 0. The predicted molar refractivity (Wildman–Crippen MR) is 129 cm³/mol. The summed E-state index contributed by atoms with van der Waals surface area (Å²) in [6, 6.07) is 17.7. The van der Waals surface area contributed by atoms with Gasteiger partial charge in [-0.15, -0.1) is 0 Å². The van der Waals surface area contributed by atoms with Crippen LogP contribution in [0.1, 0.15) is 31.0 Å². The molecule has 0 aliphatic carbocycles. The molecule has 1 aliphatic heterocycles. The number of rotatable bonds is 6. The van der Waals surface area contributed by atoms with Crippen molar-refractivity contribution < 1.29 is 23.8 Å². The lowest BCUT2D eigenvalue weighted by Gasteiger charge is -2.25. The van der Waals surface area contributed by atoms with E-state index in [0.717, 1.165) is 0 Å². The third kappa shape index (κ3) is 4.68. The Balaban J connectivity index is 1.85. The topological polar surface area (TPSA) is 66.8 Å². The highest BCUT2D eigenvalue weighted by molar-refractivity contribution is 6.51. The predicted octanol–water partition coefficient (Wildman–Crippen LogP) is 6.14. The van der Waals surface area contributed by atoms with Crippen molar-refractivity contribution in [3.63, 3.8) is 0 Å². The van der Waals surface area contributed by atoms with Crippen molar-refractivity contribution in [1.82, 2.24) is 0 Å². The van der Waals surface area contributed by atoms with E-state index in [1.165, 1.54) is 29.2 Å². The number of ether oxygens (including phenoxy) is 1. The second kappa shape index (κ2) is 9.69. The van der Waals surface area contributed by atoms with Gasteiger partial charge in [-0.2, -0.15) is 0 Å². The fourth-order valence-corrected chi connectivity index (χ4v) is 3.94. The Bertz CT molecular complexity index is 1250. The number of anilines is 1. The molecule has 1 atom stereocenters. The summed E-state index contributed by atoms with van der Waals surface area (Å²) in [5, 5.41) is 11.7. The van der Waals surface area contributed by atoms with Gasteiger partial charge in [-0.05, 0) is 60.0 Å². The van der Waals surface area contributed by atoms with Gasteiger partial charge < -0.3 is 9.84 Å². The highest BCUT2D eigenvalue weighted by Crippen LogP contribution is 2.42. The fraction of sp³-hybridized carbons (Fsp3) is 0.185. The van der Waals surface area contributed by atoms with E-state index in [-0.39, 0.29) is 11.3 Å². The van der Waals surface area contributed by atoms with Crippen molar-refractivity contribution >= 4 is 34.7 Å². The molecular weight excluding hydrogens is 457 g/mol. The Kier molecular flexibility index (Phi) is 6.70. The van der Waals surface area contributed by atoms with Crippen LogP contribution in [0, 0.1) is 11.7 Å². The Labute approximate surface area is 202 Å². The molecule has 0 saturated carbocycles. The summed E-state index contributed by atoms with van der Waals surface area (Å²) in [6.45, 7) is 4.52. The molecule has 1 fully saturated rings. The van der Waals surface area contributed by atoms with Gasteiger partial charge in [0.05, 0.1) is 18.2 Å². The summed E-state index contributed by atoms with van der Waals surface area (Å²) in [4.78, 5) is 27.6. The van der Waals surface area contributed by atoms with Crippen LogP contribution in [-0.4, -0.2) is 23.4 Å². The number of carbonyl (C=O) groups excluding carboxylic acids is 2. The van der Waals surface area contributed by atoms with Gasteiger partial charge in [0.1, 0.15) is 17.3 Å². The molecule has 0 radical (unpaired) electrons. The zero-order chi connectivity index (χ0) is 24.4. The molecule has 1 amide bonds. The summed E-state index contributed by atoms with van der Waals surface area (Å²) in [5.41, 5.74) is 1.15. The van der Waals surface area contributed by atoms with Crippen molar-refractivity contribution in [3.05, 3.63) is 100 Å². The van der Waals surface area contributed by atoms with Crippen molar-refractivity contribution in [1.29, 1.82) is 0 Å². The van der Waals surface area contributed by atoms with Gasteiger partial charge in [0.15, 0.2) is 0 Å². The van der Waals surface area contributed by atoms with Gasteiger partial charge in [0, 0.05) is 16.3 Å². The number of amides is 1. The van der Waals surface area contributed by atoms with Crippen molar-refractivity contribution in [2.75, 3.05) is 11.5 Å². The first-order valence-corrected chi connectivity index (χ1v) is 11.2. The van der Waals surface area contributed by atoms with E-state index in [2.05, 4.69) is 0 Å². The lowest BCUT2D eigenvalue weighted by atomic mass is 9.95. The minimum absolute atomic E-state index is 0.0902. The molecule has 5 nitrogen and oxygen atoms in total. The van der Waals surface area contributed by atoms with Crippen LogP contribution in [0.25, 0.3) is 5.76 Å². The lowest BCUT2D eigenvalue weighted by molar-refractivity contribution is -0.132. The molecule has 4 rings (SSSR count). The van der Waals surface area contributed by atoms with Crippen LogP contribution in [0.2, 0.25) is 5.02 Å². The lowest BCUT2D eigenvalue weighted by Crippen LogP contribution is -2.29. The molecule has 3 aromatic carbocycles. The molecule has 174 valence electrons. The van der Waals surface area contributed by atoms with E-state index in [1.807, 2.05) is 13.8 Å². The van der Waals surface area contributed by atoms with Gasteiger partial charge in [-0.25, -0.2) is 4.39 Å². The fourth-order valence-electron chi connectivity index (χ4n) is 3.81. The van der Waals surface area contributed by atoms with Gasteiger partial charge in [-0.3, -0.25) is 14.5 Å². The van der Waals surface area contributed by atoms with Gasteiger partial charge in [0.25, 0.3) is 11.7 Å². The number of carbonyl (C=O) groups is 2. The molecule has 34 heavy (non-hydrogen) atoms. The van der Waals surface area contributed by atoms with Crippen LogP contribution in [0.5, 0.6) is 5.75 Å². The van der Waals surface area contributed by atoms with Crippen LogP contribution in [0.15, 0.2) is 78.4 Å². The number of hydrogen-bond donors (Lipinski definition) is 1. The molecular formula is C27H23ClFNO4. The summed E-state index contributed by atoms with van der Waals surface area (Å²) >= 11 is 6.00. The zero-order valence-electron chi connectivity index (χ0n) is 18.7. The van der Waals surface area contributed by atoms with Crippen LogP contribution in [0.3, 0.4) is 0 Å². The van der Waals surface area contributed by atoms with Crippen LogP contribution >= 0.6 is 11.6 Å². The first-order chi connectivity index (χ1) is 16.3. The summed E-state index contributed by atoms with van der Waals surface area (Å²) < 4.78 is 19.4. The summed E-state index contributed by atoms with van der Waals surface area (Å²) in [7, 11) is 0. The minimum atomic E-state index is -0.956. The first-order valence-electron chi connectivity index (χ1n) is 10.8. The molecule has 0 bridgehead atoms. The Morgan fingerprint density at radius 1 is 1.06 bits per heavy atom. The molecule has 1 saturated heterocycles. The maximum absolute atomic E-state index is 13.6. The monoisotopic (exact) mass is 479 g/mol. The molecule has 0 aromatic heterocycles. The molecule has 1 aliphatic rings. The first kappa shape index (κ1) is 23.5. The third-order valence-corrected chi connectivity index (χ3v) is 5.68. The zero-order valence-corrected chi connectivity index (χ0v) is 19.4. The molecule has 0 spiro atoms. The van der Waals surface area contributed by atoms with E-state index >= 15 is 0 Å². The SMILES string of the molecule is CC(C)COc1cccc(/C(O)=C2/C(=O)C(=O)N(c3ccc(Cl)cc3)C2c2ccc(F)cc2)c1. The van der Waals surface area contributed by atoms with E-state index in [0.29, 0.717) is 40.1 Å². The number of ketones is 1. The van der Waals surface area contributed by atoms with Gasteiger partial charge in [-0.1, -0.05) is 49.7 Å². The van der Waals surface area contributed by atoms with E-state index in [9.17, 15) is 19.1 Å². The number of benzene rings is 3. The highest BCUT2D eigenvalue weighted by Gasteiger charge is 2.47. The Morgan fingerprint density at radius 3 is 2.38 bits per heavy atom. The minimum Gasteiger partial charge on any atom is -0.507 e.